The lowest BCUT2D eigenvalue weighted by atomic mass is 10.1. The van der Waals surface area contributed by atoms with E-state index in [0.29, 0.717) is 30.0 Å². The summed E-state index contributed by atoms with van der Waals surface area (Å²) in [5.74, 6) is 1.22. The zero-order valence-corrected chi connectivity index (χ0v) is 16.4. The van der Waals surface area contributed by atoms with E-state index < -0.39 is 0 Å². The summed E-state index contributed by atoms with van der Waals surface area (Å²) >= 11 is 0. The number of pyridine rings is 1. The van der Waals surface area contributed by atoms with Crippen molar-refractivity contribution in [2.45, 2.75) is 25.4 Å². The molecular formula is C21H27N3O4. The van der Waals surface area contributed by atoms with Crippen LogP contribution in [0.4, 0.5) is 5.69 Å². The fourth-order valence-corrected chi connectivity index (χ4v) is 3.16. The van der Waals surface area contributed by atoms with E-state index in [1.807, 2.05) is 24.3 Å². The Morgan fingerprint density at radius 1 is 1.21 bits per heavy atom. The van der Waals surface area contributed by atoms with Crippen molar-refractivity contribution in [2.24, 2.45) is 0 Å². The highest BCUT2D eigenvalue weighted by Crippen LogP contribution is 2.27. The lowest BCUT2D eigenvalue weighted by Crippen LogP contribution is -2.26. The first-order valence-corrected chi connectivity index (χ1v) is 9.49. The molecule has 0 radical (unpaired) electrons. The van der Waals surface area contributed by atoms with Crippen LogP contribution in [-0.2, 0) is 11.2 Å². The van der Waals surface area contributed by atoms with Crippen molar-refractivity contribution in [3.63, 3.8) is 0 Å². The molecule has 1 unspecified atom stereocenters. The minimum absolute atomic E-state index is 0.145. The van der Waals surface area contributed by atoms with Gasteiger partial charge in [0, 0.05) is 32.1 Å². The van der Waals surface area contributed by atoms with Crippen molar-refractivity contribution < 1.29 is 19.0 Å². The summed E-state index contributed by atoms with van der Waals surface area (Å²) in [6.07, 6.45) is 6.39. The second kappa shape index (κ2) is 9.94. The van der Waals surface area contributed by atoms with Crippen LogP contribution in [0.1, 0.15) is 28.8 Å². The molecule has 1 aromatic carbocycles. The number of amides is 1. The third kappa shape index (κ3) is 5.36. The fraction of sp³-hybridized carbons (Fsp3) is 0.429. The monoisotopic (exact) mass is 385 g/mol. The molecule has 0 aliphatic carbocycles. The van der Waals surface area contributed by atoms with Gasteiger partial charge in [-0.05, 0) is 43.0 Å². The normalized spacial score (nSPS) is 15.9. The van der Waals surface area contributed by atoms with Crippen LogP contribution in [0.5, 0.6) is 11.5 Å². The molecular weight excluding hydrogens is 358 g/mol. The quantitative estimate of drug-likeness (QED) is 0.691. The smallest absolute Gasteiger partial charge is 0.252 e. The van der Waals surface area contributed by atoms with Gasteiger partial charge in [-0.2, -0.15) is 0 Å². The zero-order chi connectivity index (χ0) is 19.8. The molecule has 1 saturated heterocycles. The van der Waals surface area contributed by atoms with Crippen LogP contribution < -0.4 is 20.1 Å². The standard InChI is InChI=1S/C21H27N3O4/c1-26-19-6-5-15(10-20(19)27-2)7-8-23-21(25)16-11-17(13-22-12-16)24-14-18-4-3-9-28-18/h5-6,10-13,18,24H,3-4,7-9,14H2,1-2H3,(H,23,25). The number of carbonyl (C=O) groups excluding carboxylic acids is 1. The second-order valence-electron chi connectivity index (χ2n) is 6.67. The Morgan fingerprint density at radius 3 is 2.82 bits per heavy atom. The molecule has 0 spiro atoms. The van der Waals surface area contributed by atoms with E-state index in [2.05, 4.69) is 15.6 Å². The molecule has 1 atom stereocenters. The van der Waals surface area contributed by atoms with Gasteiger partial charge >= 0.3 is 0 Å². The zero-order valence-electron chi connectivity index (χ0n) is 16.4. The van der Waals surface area contributed by atoms with Crippen LogP contribution in [0, 0.1) is 0 Å². The first kappa shape index (κ1) is 19.9. The van der Waals surface area contributed by atoms with Gasteiger partial charge in [0.05, 0.1) is 31.6 Å². The van der Waals surface area contributed by atoms with E-state index in [9.17, 15) is 4.79 Å². The molecule has 1 amide bonds. The van der Waals surface area contributed by atoms with E-state index in [1.165, 1.54) is 0 Å². The Kier molecular flexibility index (Phi) is 7.08. The Bertz CT molecular complexity index is 791. The highest BCUT2D eigenvalue weighted by Gasteiger charge is 2.15. The molecule has 0 bridgehead atoms. The molecule has 1 aliphatic heterocycles. The van der Waals surface area contributed by atoms with Crippen LogP contribution in [0.2, 0.25) is 0 Å². The minimum atomic E-state index is -0.145. The third-order valence-electron chi connectivity index (χ3n) is 4.71. The number of methoxy groups -OCH3 is 2. The number of aromatic nitrogens is 1. The second-order valence-corrected chi connectivity index (χ2v) is 6.67. The third-order valence-corrected chi connectivity index (χ3v) is 4.71. The van der Waals surface area contributed by atoms with Crippen molar-refractivity contribution in [3.8, 4) is 11.5 Å². The number of carbonyl (C=O) groups is 1. The summed E-state index contributed by atoms with van der Waals surface area (Å²) < 4.78 is 16.1. The summed E-state index contributed by atoms with van der Waals surface area (Å²) in [5, 5.41) is 6.23. The average Bonchev–Trinajstić information content (AvgIpc) is 3.26. The predicted molar refractivity (Wildman–Crippen MR) is 107 cm³/mol. The van der Waals surface area contributed by atoms with Gasteiger partial charge in [-0.3, -0.25) is 9.78 Å². The maximum Gasteiger partial charge on any atom is 0.252 e. The Hall–Kier alpha value is -2.80. The van der Waals surface area contributed by atoms with Crippen LogP contribution >= 0.6 is 0 Å². The predicted octanol–water partition coefficient (Wildman–Crippen LogP) is 2.66. The van der Waals surface area contributed by atoms with E-state index >= 15 is 0 Å². The highest BCUT2D eigenvalue weighted by atomic mass is 16.5. The molecule has 2 N–H and O–H groups in total. The summed E-state index contributed by atoms with van der Waals surface area (Å²) in [4.78, 5) is 16.6. The van der Waals surface area contributed by atoms with Crippen LogP contribution in [-0.4, -0.2) is 50.9 Å². The molecule has 150 valence electrons. The molecule has 7 heteroatoms. The number of nitrogens with zero attached hydrogens (tertiary/aromatic N) is 1. The molecule has 1 aromatic heterocycles. The van der Waals surface area contributed by atoms with Gasteiger partial charge in [-0.1, -0.05) is 6.07 Å². The van der Waals surface area contributed by atoms with Crippen LogP contribution in [0.3, 0.4) is 0 Å². The summed E-state index contributed by atoms with van der Waals surface area (Å²) in [5.41, 5.74) is 2.41. The lowest BCUT2D eigenvalue weighted by Gasteiger charge is -2.12. The molecule has 2 heterocycles. The number of ether oxygens (including phenoxy) is 3. The maximum absolute atomic E-state index is 12.4. The largest absolute Gasteiger partial charge is 0.493 e. The van der Waals surface area contributed by atoms with Gasteiger partial charge in [0.25, 0.3) is 5.91 Å². The SMILES string of the molecule is COc1ccc(CCNC(=O)c2cncc(NCC3CCCO3)c2)cc1OC. The van der Waals surface area contributed by atoms with Gasteiger partial charge in [-0.15, -0.1) is 0 Å². The molecule has 3 rings (SSSR count). The minimum Gasteiger partial charge on any atom is -0.493 e. The van der Waals surface area contributed by atoms with E-state index in [-0.39, 0.29) is 12.0 Å². The van der Waals surface area contributed by atoms with Crippen molar-refractivity contribution in [2.75, 3.05) is 39.2 Å². The molecule has 28 heavy (non-hydrogen) atoms. The number of rotatable bonds is 9. The first-order valence-electron chi connectivity index (χ1n) is 9.49. The molecule has 1 fully saturated rings. The van der Waals surface area contributed by atoms with Gasteiger partial charge in [-0.25, -0.2) is 0 Å². The summed E-state index contributed by atoms with van der Waals surface area (Å²) in [7, 11) is 3.21. The summed E-state index contributed by atoms with van der Waals surface area (Å²) in [6.45, 7) is 2.07. The highest BCUT2D eigenvalue weighted by molar-refractivity contribution is 5.94. The Morgan fingerprint density at radius 2 is 2.07 bits per heavy atom. The van der Waals surface area contributed by atoms with Crippen molar-refractivity contribution in [1.29, 1.82) is 0 Å². The Labute approximate surface area is 165 Å². The van der Waals surface area contributed by atoms with E-state index in [1.54, 1.807) is 26.6 Å². The van der Waals surface area contributed by atoms with Gasteiger partial charge in [0.2, 0.25) is 0 Å². The number of anilines is 1. The fourth-order valence-electron chi connectivity index (χ4n) is 3.16. The van der Waals surface area contributed by atoms with Crippen molar-refractivity contribution in [1.82, 2.24) is 10.3 Å². The average molecular weight is 385 g/mol. The number of hydrogen-bond donors (Lipinski definition) is 2. The van der Waals surface area contributed by atoms with E-state index in [4.69, 9.17) is 14.2 Å². The van der Waals surface area contributed by atoms with Crippen molar-refractivity contribution >= 4 is 11.6 Å². The van der Waals surface area contributed by atoms with E-state index in [0.717, 1.165) is 37.2 Å². The topological polar surface area (TPSA) is 81.7 Å². The number of benzene rings is 1. The lowest BCUT2D eigenvalue weighted by molar-refractivity contribution is 0.0954. The molecule has 1 aliphatic rings. The van der Waals surface area contributed by atoms with Gasteiger partial charge < -0.3 is 24.8 Å². The maximum atomic E-state index is 12.4. The first-order chi connectivity index (χ1) is 13.7. The summed E-state index contributed by atoms with van der Waals surface area (Å²) in [6, 6.07) is 7.56. The van der Waals surface area contributed by atoms with Crippen LogP contribution in [0.15, 0.2) is 36.7 Å². The molecule has 2 aromatic rings. The van der Waals surface area contributed by atoms with Crippen molar-refractivity contribution in [3.05, 3.63) is 47.8 Å². The molecule has 0 saturated carbocycles. The number of hydrogen-bond acceptors (Lipinski definition) is 6. The van der Waals surface area contributed by atoms with Gasteiger partial charge in [0.15, 0.2) is 11.5 Å². The number of nitrogens with one attached hydrogen (secondary N) is 2. The molecule has 7 nitrogen and oxygen atoms in total. The van der Waals surface area contributed by atoms with Gasteiger partial charge in [0.1, 0.15) is 0 Å². The van der Waals surface area contributed by atoms with Crippen LogP contribution in [0.25, 0.3) is 0 Å². The Balaban J connectivity index is 1.50.